The van der Waals surface area contributed by atoms with Crippen LogP contribution in [0.5, 0.6) is 0 Å². The number of para-hydroxylation sites is 4. The Balaban J connectivity index is 1.62. The molecule has 6 rings (SSSR count). The monoisotopic (exact) mass is 454 g/mol. The van der Waals surface area contributed by atoms with Crippen LogP contribution in [0.4, 0.5) is 0 Å². The molecule has 0 aliphatic heterocycles. The fourth-order valence-corrected chi connectivity index (χ4v) is 5.57. The van der Waals surface area contributed by atoms with Crippen molar-refractivity contribution < 1.29 is 0 Å². The Kier molecular flexibility index (Phi) is 4.93. The number of nitrogens with zero attached hydrogens (tertiary/aromatic N) is 2. The highest BCUT2D eigenvalue weighted by Crippen LogP contribution is 2.42. The zero-order valence-electron chi connectivity index (χ0n) is 20.8. The van der Waals surface area contributed by atoms with Crippen LogP contribution in [0.3, 0.4) is 0 Å². The molecule has 4 aromatic carbocycles. The lowest BCUT2D eigenvalue weighted by Crippen LogP contribution is -2.18. The SMILES string of the molecule is Cc1ccccc1-n1cc(C(C)(C)c2cn(-c3ccccc3C)c3ccccc23)c2ccccc21. The number of fused-ring (bicyclic) bond motifs is 2. The average molecular weight is 455 g/mol. The van der Waals surface area contributed by atoms with Gasteiger partial charge in [0.1, 0.15) is 0 Å². The van der Waals surface area contributed by atoms with E-state index in [2.05, 4.69) is 146 Å². The molecule has 0 atom stereocenters. The molecule has 2 heteroatoms. The number of hydrogen-bond acceptors (Lipinski definition) is 0. The van der Waals surface area contributed by atoms with Gasteiger partial charge in [-0.05, 0) is 60.4 Å². The molecule has 0 unspecified atom stereocenters. The van der Waals surface area contributed by atoms with Crippen molar-refractivity contribution in [1.29, 1.82) is 0 Å². The molecule has 0 radical (unpaired) electrons. The molecule has 0 bridgehead atoms. The van der Waals surface area contributed by atoms with Gasteiger partial charge < -0.3 is 9.13 Å². The Morgan fingerprint density at radius 2 is 0.857 bits per heavy atom. The third-order valence-electron chi connectivity index (χ3n) is 7.52. The molecule has 2 heterocycles. The number of benzene rings is 4. The first-order valence-electron chi connectivity index (χ1n) is 12.3. The first-order valence-corrected chi connectivity index (χ1v) is 12.3. The first kappa shape index (κ1) is 21.5. The van der Waals surface area contributed by atoms with E-state index in [0.717, 1.165) is 0 Å². The second-order valence-corrected chi connectivity index (χ2v) is 10.1. The molecule has 0 aliphatic rings. The van der Waals surface area contributed by atoms with Crippen LogP contribution in [-0.4, -0.2) is 9.13 Å². The third kappa shape index (κ3) is 3.32. The Hall–Kier alpha value is -4.04. The van der Waals surface area contributed by atoms with E-state index < -0.39 is 0 Å². The fourth-order valence-electron chi connectivity index (χ4n) is 5.57. The van der Waals surface area contributed by atoms with Crippen molar-refractivity contribution in [3.05, 3.63) is 132 Å². The van der Waals surface area contributed by atoms with Crippen LogP contribution in [0, 0.1) is 13.8 Å². The summed E-state index contributed by atoms with van der Waals surface area (Å²) in [5.41, 5.74) is 9.96. The van der Waals surface area contributed by atoms with Gasteiger partial charge in [-0.15, -0.1) is 0 Å². The van der Waals surface area contributed by atoms with Gasteiger partial charge in [-0.1, -0.05) is 86.6 Å². The molecule has 2 aromatic heterocycles. The van der Waals surface area contributed by atoms with Crippen molar-refractivity contribution in [3.63, 3.8) is 0 Å². The van der Waals surface area contributed by atoms with E-state index >= 15 is 0 Å². The third-order valence-corrected chi connectivity index (χ3v) is 7.52. The predicted octanol–water partition coefficient (Wildman–Crippen LogP) is 8.52. The van der Waals surface area contributed by atoms with Crippen molar-refractivity contribution in [1.82, 2.24) is 9.13 Å². The van der Waals surface area contributed by atoms with Crippen molar-refractivity contribution >= 4 is 21.8 Å². The summed E-state index contributed by atoms with van der Waals surface area (Å²) in [6.07, 6.45) is 4.71. The standard InChI is InChI=1S/C33H30N2/c1-23-13-5-9-17-29(23)34-21-27(25-15-7-11-19-31(25)34)33(3,4)28-22-35(30-18-10-6-14-24(30)2)32-20-12-8-16-26(28)32/h5-22H,1-4H3. The highest BCUT2D eigenvalue weighted by Gasteiger charge is 2.31. The van der Waals surface area contributed by atoms with E-state index in [4.69, 9.17) is 0 Å². The van der Waals surface area contributed by atoms with Gasteiger partial charge in [-0.3, -0.25) is 0 Å². The van der Waals surface area contributed by atoms with Crippen LogP contribution in [0.1, 0.15) is 36.1 Å². The van der Waals surface area contributed by atoms with Crippen LogP contribution in [0.25, 0.3) is 33.2 Å². The second-order valence-electron chi connectivity index (χ2n) is 10.1. The lowest BCUT2D eigenvalue weighted by Gasteiger charge is -2.24. The lowest BCUT2D eigenvalue weighted by molar-refractivity contribution is 0.649. The quantitative estimate of drug-likeness (QED) is 0.253. The van der Waals surface area contributed by atoms with Gasteiger partial charge in [0.05, 0.1) is 11.0 Å². The summed E-state index contributed by atoms with van der Waals surface area (Å²) in [5.74, 6) is 0. The molecule has 0 saturated carbocycles. The van der Waals surface area contributed by atoms with E-state index in [0.29, 0.717) is 0 Å². The smallest absolute Gasteiger partial charge is 0.0531 e. The Morgan fingerprint density at radius 3 is 1.29 bits per heavy atom. The molecule has 0 saturated heterocycles. The molecule has 0 aliphatic carbocycles. The zero-order valence-corrected chi connectivity index (χ0v) is 20.8. The van der Waals surface area contributed by atoms with Gasteiger partial charge in [-0.2, -0.15) is 0 Å². The van der Waals surface area contributed by atoms with Gasteiger partial charge in [0, 0.05) is 40.0 Å². The molecular weight excluding hydrogens is 424 g/mol. The van der Waals surface area contributed by atoms with Crippen LogP contribution >= 0.6 is 0 Å². The van der Waals surface area contributed by atoms with Crippen molar-refractivity contribution in [3.8, 4) is 11.4 Å². The summed E-state index contributed by atoms with van der Waals surface area (Å²) in [4.78, 5) is 0. The van der Waals surface area contributed by atoms with Crippen molar-refractivity contribution in [2.24, 2.45) is 0 Å². The Bertz CT molecular complexity index is 1570. The zero-order chi connectivity index (χ0) is 24.2. The number of rotatable bonds is 4. The van der Waals surface area contributed by atoms with Crippen LogP contribution in [0.15, 0.2) is 109 Å². The minimum Gasteiger partial charge on any atom is -0.316 e. The molecule has 0 amide bonds. The predicted molar refractivity (Wildman–Crippen MR) is 148 cm³/mol. The van der Waals surface area contributed by atoms with E-state index in [1.165, 1.54) is 55.4 Å². The Labute approximate surface area is 207 Å². The van der Waals surface area contributed by atoms with E-state index in [1.54, 1.807) is 0 Å². The maximum Gasteiger partial charge on any atom is 0.0531 e. The minimum absolute atomic E-state index is 0.207. The molecule has 35 heavy (non-hydrogen) atoms. The largest absolute Gasteiger partial charge is 0.316 e. The highest BCUT2D eigenvalue weighted by molar-refractivity contribution is 5.91. The second kappa shape index (κ2) is 8.02. The summed E-state index contributed by atoms with van der Waals surface area (Å²) in [5, 5.41) is 2.60. The molecule has 0 spiro atoms. The van der Waals surface area contributed by atoms with Gasteiger partial charge in [0.2, 0.25) is 0 Å². The maximum atomic E-state index is 2.36. The molecule has 0 N–H and O–H groups in total. The molecule has 0 fully saturated rings. The highest BCUT2D eigenvalue weighted by atomic mass is 15.0. The summed E-state index contributed by atoms with van der Waals surface area (Å²) in [6.45, 7) is 9.09. The van der Waals surface area contributed by atoms with Gasteiger partial charge in [0.25, 0.3) is 0 Å². The number of aryl methyl sites for hydroxylation is 2. The number of aromatic nitrogens is 2. The summed E-state index contributed by atoms with van der Waals surface area (Å²) < 4.78 is 4.73. The molecule has 6 aromatic rings. The Morgan fingerprint density at radius 1 is 0.486 bits per heavy atom. The fraction of sp³-hybridized carbons (Fsp3) is 0.152. The topological polar surface area (TPSA) is 9.86 Å². The first-order chi connectivity index (χ1) is 17.0. The van der Waals surface area contributed by atoms with E-state index in [9.17, 15) is 0 Å². The van der Waals surface area contributed by atoms with E-state index in [1.807, 2.05) is 0 Å². The van der Waals surface area contributed by atoms with Gasteiger partial charge >= 0.3 is 0 Å². The molecule has 172 valence electrons. The minimum atomic E-state index is -0.207. The maximum absolute atomic E-state index is 2.36. The normalized spacial score (nSPS) is 12.0. The van der Waals surface area contributed by atoms with E-state index in [-0.39, 0.29) is 5.41 Å². The van der Waals surface area contributed by atoms with Crippen LogP contribution < -0.4 is 0 Å². The van der Waals surface area contributed by atoms with Crippen LogP contribution in [0.2, 0.25) is 0 Å². The average Bonchev–Trinajstić information content (AvgIpc) is 3.45. The summed E-state index contributed by atoms with van der Waals surface area (Å²) >= 11 is 0. The van der Waals surface area contributed by atoms with Gasteiger partial charge in [-0.25, -0.2) is 0 Å². The summed E-state index contributed by atoms with van der Waals surface area (Å²) in [6, 6.07) is 34.8. The lowest BCUT2D eigenvalue weighted by atomic mass is 9.78. The summed E-state index contributed by atoms with van der Waals surface area (Å²) in [7, 11) is 0. The van der Waals surface area contributed by atoms with Crippen LogP contribution in [-0.2, 0) is 5.41 Å². The van der Waals surface area contributed by atoms with Crippen molar-refractivity contribution in [2.75, 3.05) is 0 Å². The van der Waals surface area contributed by atoms with Crippen molar-refractivity contribution in [2.45, 2.75) is 33.1 Å². The van der Waals surface area contributed by atoms with Gasteiger partial charge in [0.15, 0.2) is 0 Å². The molecule has 2 nitrogen and oxygen atoms in total. The molecular formula is C33H30N2. The number of hydrogen-bond donors (Lipinski definition) is 0.